The number of amides is 1. The van der Waals surface area contributed by atoms with Crippen LogP contribution in [0.25, 0.3) is 11.4 Å². The third-order valence-electron chi connectivity index (χ3n) is 4.06. The zero-order valence-electron chi connectivity index (χ0n) is 15.3. The number of likely N-dealkylation sites (N-methyl/N-ethyl adjacent to an activating group) is 1. The van der Waals surface area contributed by atoms with E-state index >= 15 is 0 Å². The Labute approximate surface area is 176 Å². The highest BCUT2D eigenvalue weighted by Crippen LogP contribution is 2.19. The molecule has 0 N–H and O–H groups in total. The van der Waals surface area contributed by atoms with Gasteiger partial charge >= 0.3 is 0 Å². The first-order valence-corrected chi connectivity index (χ1v) is 9.89. The van der Waals surface area contributed by atoms with E-state index < -0.39 is 0 Å². The predicted molar refractivity (Wildman–Crippen MR) is 110 cm³/mol. The first-order valence-electron chi connectivity index (χ1n) is 8.72. The standard InChI is InChI=1S/C20H19BrClN3O3/c1-25(12-13-27-17-8-4-15(21)5-9-17)19(26)11-10-18-23-20(24-28-18)14-2-6-16(22)7-3-14/h2-9H,10-13H2,1H3. The van der Waals surface area contributed by atoms with Gasteiger partial charge in [-0.15, -0.1) is 0 Å². The average molecular weight is 465 g/mol. The van der Waals surface area contributed by atoms with Crippen molar-refractivity contribution in [1.29, 1.82) is 0 Å². The fourth-order valence-electron chi connectivity index (χ4n) is 2.43. The van der Waals surface area contributed by atoms with Gasteiger partial charge in [-0.3, -0.25) is 4.79 Å². The maximum absolute atomic E-state index is 12.3. The maximum Gasteiger partial charge on any atom is 0.227 e. The normalized spacial score (nSPS) is 10.7. The van der Waals surface area contributed by atoms with Crippen LogP contribution in [0.1, 0.15) is 12.3 Å². The van der Waals surface area contributed by atoms with Crippen molar-refractivity contribution in [3.8, 4) is 17.1 Å². The van der Waals surface area contributed by atoms with E-state index in [-0.39, 0.29) is 12.3 Å². The van der Waals surface area contributed by atoms with E-state index in [0.29, 0.717) is 36.3 Å². The van der Waals surface area contributed by atoms with Gasteiger partial charge in [-0.05, 0) is 48.5 Å². The van der Waals surface area contributed by atoms with E-state index in [4.69, 9.17) is 20.9 Å². The third kappa shape index (κ3) is 5.81. The van der Waals surface area contributed by atoms with Crippen molar-refractivity contribution in [1.82, 2.24) is 15.0 Å². The lowest BCUT2D eigenvalue weighted by Gasteiger charge is -2.17. The Morgan fingerprint density at radius 2 is 1.89 bits per heavy atom. The fraction of sp³-hybridized carbons (Fsp3) is 0.250. The lowest BCUT2D eigenvalue weighted by molar-refractivity contribution is -0.130. The number of rotatable bonds is 8. The molecule has 8 heteroatoms. The van der Waals surface area contributed by atoms with E-state index in [9.17, 15) is 4.79 Å². The molecule has 0 aliphatic heterocycles. The molecule has 0 saturated heterocycles. The lowest BCUT2D eigenvalue weighted by Crippen LogP contribution is -2.31. The molecular weight excluding hydrogens is 446 g/mol. The number of halogens is 2. The second-order valence-electron chi connectivity index (χ2n) is 6.14. The summed E-state index contributed by atoms with van der Waals surface area (Å²) in [5.41, 5.74) is 0.813. The van der Waals surface area contributed by atoms with Gasteiger partial charge in [-0.2, -0.15) is 4.98 Å². The molecule has 0 saturated carbocycles. The highest BCUT2D eigenvalue weighted by molar-refractivity contribution is 9.10. The van der Waals surface area contributed by atoms with Crippen molar-refractivity contribution < 1.29 is 14.1 Å². The topological polar surface area (TPSA) is 68.5 Å². The molecule has 0 spiro atoms. The smallest absolute Gasteiger partial charge is 0.227 e. The molecule has 0 bridgehead atoms. The number of aromatic nitrogens is 2. The van der Waals surface area contributed by atoms with E-state index in [0.717, 1.165) is 15.8 Å². The summed E-state index contributed by atoms with van der Waals surface area (Å²) in [7, 11) is 1.75. The lowest BCUT2D eigenvalue weighted by atomic mass is 10.2. The molecule has 0 aliphatic rings. The highest BCUT2D eigenvalue weighted by atomic mass is 79.9. The number of benzene rings is 2. The highest BCUT2D eigenvalue weighted by Gasteiger charge is 2.13. The summed E-state index contributed by atoms with van der Waals surface area (Å²) in [6.45, 7) is 0.917. The van der Waals surface area contributed by atoms with Crippen LogP contribution in [0.4, 0.5) is 0 Å². The molecule has 0 radical (unpaired) electrons. The van der Waals surface area contributed by atoms with Gasteiger partial charge in [0.15, 0.2) is 0 Å². The molecule has 1 amide bonds. The fourth-order valence-corrected chi connectivity index (χ4v) is 2.82. The number of aryl methyl sites for hydroxylation is 1. The number of carbonyl (C=O) groups is 1. The average Bonchev–Trinajstić information content (AvgIpc) is 3.17. The van der Waals surface area contributed by atoms with Crippen LogP contribution in [0.15, 0.2) is 57.5 Å². The SMILES string of the molecule is CN(CCOc1ccc(Br)cc1)C(=O)CCc1nc(-c2ccc(Cl)cc2)no1. The third-order valence-corrected chi connectivity index (χ3v) is 4.84. The van der Waals surface area contributed by atoms with Gasteiger partial charge in [-0.25, -0.2) is 0 Å². The molecular formula is C20H19BrClN3O3. The number of hydrogen-bond acceptors (Lipinski definition) is 5. The predicted octanol–water partition coefficient (Wildman–Crippen LogP) is 4.62. The van der Waals surface area contributed by atoms with Gasteiger partial charge in [0.1, 0.15) is 12.4 Å². The molecule has 0 aliphatic carbocycles. The molecule has 3 rings (SSSR count). The Balaban J connectivity index is 1.43. The Bertz CT molecular complexity index is 913. The van der Waals surface area contributed by atoms with Gasteiger partial charge in [0.25, 0.3) is 0 Å². The van der Waals surface area contributed by atoms with Crippen LogP contribution >= 0.6 is 27.5 Å². The van der Waals surface area contributed by atoms with E-state index in [1.165, 1.54) is 0 Å². The first-order chi connectivity index (χ1) is 13.5. The summed E-state index contributed by atoms with van der Waals surface area (Å²) < 4.78 is 11.9. The molecule has 0 unspecified atom stereocenters. The summed E-state index contributed by atoms with van der Waals surface area (Å²) in [4.78, 5) is 18.2. The molecule has 1 aromatic heterocycles. The monoisotopic (exact) mass is 463 g/mol. The summed E-state index contributed by atoms with van der Waals surface area (Å²) in [6.07, 6.45) is 0.675. The van der Waals surface area contributed by atoms with Crippen LogP contribution in [-0.2, 0) is 11.2 Å². The quantitative estimate of drug-likeness (QED) is 0.486. The van der Waals surface area contributed by atoms with Gasteiger partial charge in [0, 0.05) is 34.9 Å². The zero-order chi connectivity index (χ0) is 19.9. The van der Waals surface area contributed by atoms with E-state index in [1.54, 1.807) is 24.1 Å². The van der Waals surface area contributed by atoms with Crippen molar-refractivity contribution in [3.63, 3.8) is 0 Å². The molecule has 28 heavy (non-hydrogen) atoms. The number of nitrogens with zero attached hydrogens (tertiary/aromatic N) is 3. The largest absolute Gasteiger partial charge is 0.492 e. The Hall–Kier alpha value is -2.38. The number of ether oxygens (including phenoxy) is 1. The van der Waals surface area contributed by atoms with Crippen LogP contribution in [0.5, 0.6) is 5.75 Å². The number of hydrogen-bond donors (Lipinski definition) is 0. The summed E-state index contributed by atoms with van der Waals surface area (Å²) in [5.74, 6) is 1.67. The molecule has 3 aromatic rings. The minimum absolute atomic E-state index is 0.00866. The van der Waals surface area contributed by atoms with Gasteiger partial charge in [0.05, 0.1) is 6.54 Å². The maximum atomic E-state index is 12.3. The van der Waals surface area contributed by atoms with Crippen LogP contribution in [0.2, 0.25) is 5.02 Å². The van der Waals surface area contributed by atoms with Crippen molar-refractivity contribution in [3.05, 3.63) is 63.9 Å². The van der Waals surface area contributed by atoms with E-state index in [2.05, 4.69) is 26.1 Å². The second-order valence-corrected chi connectivity index (χ2v) is 7.49. The van der Waals surface area contributed by atoms with Crippen molar-refractivity contribution >= 4 is 33.4 Å². The van der Waals surface area contributed by atoms with Crippen molar-refractivity contribution in [2.45, 2.75) is 12.8 Å². The zero-order valence-corrected chi connectivity index (χ0v) is 17.6. The van der Waals surface area contributed by atoms with Crippen molar-refractivity contribution in [2.75, 3.05) is 20.2 Å². The van der Waals surface area contributed by atoms with Crippen LogP contribution in [0.3, 0.4) is 0 Å². The van der Waals surface area contributed by atoms with Crippen molar-refractivity contribution in [2.24, 2.45) is 0 Å². The summed E-state index contributed by atoms with van der Waals surface area (Å²) in [6, 6.07) is 14.7. The minimum atomic E-state index is -0.00866. The Morgan fingerprint density at radius 3 is 2.61 bits per heavy atom. The molecule has 6 nitrogen and oxygen atoms in total. The number of carbonyl (C=O) groups excluding carboxylic acids is 1. The first kappa shape index (κ1) is 20.4. The molecule has 0 atom stereocenters. The molecule has 2 aromatic carbocycles. The van der Waals surface area contributed by atoms with Crippen LogP contribution in [-0.4, -0.2) is 41.1 Å². The summed E-state index contributed by atoms with van der Waals surface area (Å²) in [5, 5.41) is 4.59. The van der Waals surface area contributed by atoms with Gasteiger partial charge in [0.2, 0.25) is 17.6 Å². The Kier molecular flexibility index (Phi) is 7.06. The molecule has 0 fully saturated rings. The summed E-state index contributed by atoms with van der Waals surface area (Å²) >= 11 is 9.26. The molecule has 1 heterocycles. The second kappa shape index (κ2) is 9.71. The van der Waals surface area contributed by atoms with Gasteiger partial charge < -0.3 is 14.2 Å². The van der Waals surface area contributed by atoms with Gasteiger partial charge in [-0.1, -0.05) is 32.7 Å². The molecule has 146 valence electrons. The van der Waals surface area contributed by atoms with Crippen LogP contribution < -0.4 is 4.74 Å². The minimum Gasteiger partial charge on any atom is -0.492 e. The van der Waals surface area contributed by atoms with E-state index in [1.807, 2.05) is 36.4 Å². The Morgan fingerprint density at radius 1 is 1.18 bits per heavy atom. The van der Waals surface area contributed by atoms with Crippen LogP contribution in [0, 0.1) is 0 Å².